The number of aliphatic hydroxyl groups is 2. The Bertz CT molecular complexity index is 884. The second-order valence-corrected chi connectivity index (χ2v) is 6.26. The van der Waals surface area contributed by atoms with Crippen LogP contribution in [-0.2, 0) is 6.54 Å². The number of aliphatic hydroxyl groups excluding tert-OH is 2. The van der Waals surface area contributed by atoms with Gasteiger partial charge in [-0.25, -0.2) is 4.98 Å². The maximum absolute atomic E-state index is 10.5. The van der Waals surface area contributed by atoms with Crippen LogP contribution in [-0.4, -0.2) is 46.7 Å². The van der Waals surface area contributed by atoms with Crippen LogP contribution in [0.1, 0.15) is 18.9 Å². The molecule has 0 spiro atoms. The molecule has 27 heavy (non-hydrogen) atoms. The number of methoxy groups -OCH3 is 2. The first-order valence-electron chi connectivity index (χ1n) is 8.69. The summed E-state index contributed by atoms with van der Waals surface area (Å²) in [4.78, 5) is 4.46. The molecule has 144 valence electrons. The van der Waals surface area contributed by atoms with E-state index in [1.807, 2.05) is 28.8 Å². The summed E-state index contributed by atoms with van der Waals surface area (Å²) >= 11 is 0. The van der Waals surface area contributed by atoms with Crippen molar-refractivity contribution < 1.29 is 24.4 Å². The quantitative estimate of drug-likeness (QED) is 0.632. The Labute approximate surface area is 157 Å². The number of hydrogen-bond acceptors (Lipinski definition) is 6. The molecule has 0 amide bonds. The van der Waals surface area contributed by atoms with Crippen molar-refractivity contribution in [3.63, 3.8) is 0 Å². The van der Waals surface area contributed by atoms with Crippen molar-refractivity contribution in [2.45, 2.75) is 25.7 Å². The topological polar surface area (TPSA) is 86.0 Å². The van der Waals surface area contributed by atoms with E-state index in [4.69, 9.17) is 14.2 Å². The normalized spacial score (nSPS) is 13.4. The number of hydrogen-bond donors (Lipinski definition) is 2. The van der Waals surface area contributed by atoms with Crippen molar-refractivity contribution in [3.8, 4) is 17.2 Å². The molecule has 0 aliphatic carbocycles. The van der Waals surface area contributed by atoms with Gasteiger partial charge in [-0.15, -0.1) is 0 Å². The lowest BCUT2D eigenvalue weighted by atomic mass is 10.3. The predicted molar refractivity (Wildman–Crippen MR) is 101 cm³/mol. The average Bonchev–Trinajstić information content (AvgIpc) is 3.05. The van der Waals surface area contributed by atoms with E-state index in [1.54, 1.807) is 39.3 Å². The van der Waals surface area contributed by atoms with E-state index in [-0.39, 0.29) is 13.2 Å². The fourth-order valence-corrected chi connectivity index (χ4v) is 2.93. The largest absolute Gasteiger partial charge is 0.496 e. The zero-order valence-electron chi connectivity index (χ0n) is 15.6. The van der Waals surface area contributed by atoms with Gasteiger partial charge < -0.3 is 29.0 Å². The highest BCUT2D eigenvalue weighted by molar-refractivity contribution is 5.76. The average molecular weight is 372 g/mol. The summed E-state index contributed by atoms with van der Waals surface area (Å²) in [6, 6.07) is 12.8. The number of aromatic nitrogens is 2. The zero-order valence-corrected chi connectivity index (χ0v) is 15.6. The van der Waals surface area contributed by atoms with E-state index >= 15 is 0 Å². The van der Waals surface area contributed by atoms with E-state index in [9.17, 15) is 10.2 Å². The van der Waals surface area contributed by atoms with Gasteiger partial charge in [0.05, 0.1) is 31.8 Å². The molecule has 2 aromatic carbocycles. The van der Waals surface area contributed by atoms with Crippen molar-refractivity contribution in [2.75, 3.05) is 20.8 Å². The molecule has 0 fully saturated rings. The van der Waals surface area contributed by atoms with Gasteiger partial charge in [-0.05, 0) is 19.1 Å². The van der Waals surface area contributed by atoms with Gasteiger partial charge >= 0.3 is 0 Å². The van der Waals surface area contributed by atoms with Crippen molar-refractivity contribution in [2.24, 2.45) is 0 Å². The highest BCUT2D eigenvalue weighted by Crippen LogP contribution is 2.27. The minimum Gasteiger partial charge on any atom is -0.496 e. The number of fused-ring (bicyclic) bond motifs is 1. The summed E-state index contributed by atoms with van der Waals surface area (Å²) in [6.45, 7) is 1.98. The summed E-state index contributed by atoms with van der Waals surface area (Å²) in [5.41, 5.74) is 1.63. The molecule has 0 saturated carbocycles. The zero-order chi connectivity index (χ0) is 19.4. The lowest BCUT2D eigenvalue weighted by Gasteiger charge is -2.17. The van der Waals surface area contributed by atoms with Gasteiger partial charge in [0, 0.05) is 18.2 Å². The number of rotatable bonds is 8. The van der Waals surface area contributed by atoms with Gasteiger partial charge in [0.2, 0.25) is 0 Å². The first-order valence-corrected chi connectivity index (χ1v) is 8.69. The first kappa shape index (κ1) is 19.0. The fourth-order valence-electron chi connectivity index (χ4n) is 2.93. The number of benzene rings is 2. The van der Waals surface area contributed by atoms with Gasteiger partial charge in [0.25, 0.3) is 0 Å². The molecule has 7 nitrogen and oxygen atoms in total. The molecule has 1 heterocycles. The van der Waals surface area contributed by atoms with Crippen LogP contribution in [0.15, 0.2) is 42.5 Å². The number of nitrogens with zero attached hydrogens (tertiary/aromatic N) is 2. The van der Waals surface area contributed by atoms with Crippen LogP contribution in [0, 0.1) is 0 Å². The second kappa shape index (κ2) is 8.28. The van der Waals surface area contributed by atoms with Crippen molar-refractivity contribution in [1.82, 2.24) is 9.55 Å². The summed E-state index contributed by atoms with van der Waals surface area (Å²) < 4.78 is 18.0. The first-order chi connectivity index (χ1) is 13.0. The Hall–Kier alpha value is -2.77. The minimum atomic E-state index is -0.794. The van der Waals surface area contributed by atoms with Gasteiger partial charge in [-0.2, -0.15) is 0 Å². The summed E-state index contributed by atoms with van der Waals surface area (Å²) in [6.07, 6.45) is -1.54. The van der Waals surface area contributed by atoms with Gasteiger partial charge in [0.1, 0.15) is 41.9 Å². The van der Waals surface area contributed by atoms with Crippen LogP contribution in [0.2, 0.25) is 0 Å². The van der Waals surface area contributed by atoms with Crippen LogP contribution in [0.3, 0.4) is 0 Å². The monoisotopic (exact) mass is 372 g/mol. The van der Waals surface area contributed by atoms with E-state index in [0.29, 0.717) is 23.1 Å². The van der Waals surface area contributed by atoms with Crippen LogP contribution in [0.4, 0.5) is 0 Å². The third-order valence-electron chi connectivity index (χ3n) is 4.22. The molecule has 2 unspecified atom stereocenters. The molecule has 2 N–H and O–H groups in total. The van der Waals surface area contributed by atoms with Crippen LogP contribution >= 0.6 is 0 Å². The predicted octanol–water partition coefficient (Wildman–Crippen LogP) is 2.55. The van der Waals surface area contributed by atoms with E-state index < -0.39 is 12.2 Å². The molecule has 3 aromatic rings. The van der Waals surface area contributed by atoms with E-state index in [2.05, 4.69) is 4.98 Å². The third-order valence-corrected chi connectivity index (χ3v) is 4.22. The molecular formula is C20H24N2O5. The lowest BCUT2D eigenvalue weighted by molar-refractivity contribution is 0.0892. The minimum absolute atomic E-state index is 0.0715. The molecule has 0 aliphatic heterocycles. The van der Waals surface area contributed by atoms with Crippen molar-refractivity contribution in [1.29, 1.82) is 0 Å². The number of para-hydroxylation sites is 2. The van der Waals surface area contributed by atoms with Gasteiger partial charge in [-0.1, -0.05) is 12.1 Å². The van der Waals surface area contributed by atoms with Gasteiger partial charge in [0.15, 0.2) is 0 Å². The summed E-state index contributed by atoms with van der Waals surface area (Å²) in [7, 11) is 3.13. The second-order valence-electron chi connectivity index (χ2n) is 6.26. The third kappa shape index (κ3) is 4.32. The Morgan fingerprint density at radius 3 is 2.26 bits per heavy atom. The standard InChI is InChI=1S/C20H24N2O5/c1-13(23)20-21-18-6-4-5-7-19(18)22(20)11-14(24)12-27-17-9-15(25-2)8-16(10-17)26-3/h4-10,13-14,23-24H,11-12H2,1-3H3. The molecule has 3 rings (SSSR count). The Morgan fingerprint density at radius 1 is 1.00 bits per heavy atom. The summed E-state index contributed by atoms with van der Waals surface area (Å²) in [5, 5.41) is 20.5. The Balaban J connectivity index is 1.74. The smallest absolute Gasteiger partial charge is 0.138 e. The Morgan fingerprint density at radius 2 is 1.63 bits per heavy atom. The van der Waals surface area contributed by atoms with E-state index in [1.165, 1.54) is 0 Å². The maximum atomic E-state index is 10.5. The summed E-state index contributed by atoms with van der Waals surface area (Å²) in [5.74, 6) is 2.27. The number of imidazole rings is 1. The Kier molecular flexibility index (Phi) is 5.83. The molecule has 7 heteroatoms. The fraction of sp³-hybridized carbons (Fsp3) is 0.350. The van der Waals surface area contributed by atoms with Gasteiger partial charge in [-0.3, -0.25) is 0 Å². The molecule has 0 saturated heterocycles. The highest BCUT2D eigenvalue weighted by Gasteiger charge is 2.17. The molecule has 0 bridgehead atoms. The van der Waals surface area contributed by atoms with Crippen LogP contribution in [0.5, 0.6) is 17.2 Å². The van der Waals surface area contributed by atoms with Crippen LogP contribution in [0.25, 0.3) is 11.0 Å². The maximum Gasteiger partial charge on any atom is 0.138 e. The molecular weight excluding hydrogens is 348 g/mol. The lowest BCUT2D eigenvalue weighted by Crippen LogP contribution is -2.25. The number of ether oxygens (including phenoxy) is 3. The van der Waals surface area contributed by atoms with Crippen molar-refractivity contribution >= 4 is 11.0 Å². The van der Waals surface area contributed by atoms with Crippen LogP contribution < -0.4 is 14.2 Å². The highest BCUT2D eigenvalue weighted by atomic mass is 16.5. The molecule has 0 aliphatic rings. The van der Waals surface area contributed by atoms with E-state index in [0.717, 1.165) is 11.0 Å². The SMILES string of the molecule is COc1cc(OC)cc(OCC(O)Cn2c(C(C)O)nc3ccccc32)c1. The molecule has 0 radical (unpaired) electrons. The molecule has 1 aromatic heterocycles. The molecule has 2 atom stereocenters. The van der Waals surface area contributed by atoms with Crippen molar-refractivity contribution in [3.05, 3.63) is 48.3 Å².